The Morgan fingerprint density at radius 2 is 1.71 bits per heavy atom. The molecule has 1 aromatic heterocycles. The number of alkyl carbamates (subject to hydrolysis) is 1. The summed E-state index contributed by atoms with van der Waals surface area (Å²) in [5.41, 5.74) is 4.62. The van der Waals surface area contributed by atoms with Crippen molar-refractivity contribution in [1.29, 1.82) is 0 Å². The first-order valence-electron chi connectivity index (χ1n) is 8.81. The molecule has 1 amide bonds. The second kappa shape index (κ2) is 7.51. The van der Waals surface area contributed by atoms with Gasteiger partial charge in [0.1, 0.15) is 19.5 Å². The fourth-order valence-electron chi connectivity index (χ4n) is 3.43. The molecule has 28 heavy (non-hydrogen) atoms. The van der Waals surface area contributed by atoms with Crippen LogP contribution >= 0.6 is 0 Å². The summed E-state index contributed by atoms with van der Waals surface area (Å²) in [4.78, 5) is 26.7. The van der Waals surface area contributed by atoms with Crippen LogP contribution in [0.15, 0.2) is 54.9 Å². The van der Waals surface area contributed by atoms with Crippen LogP contribution in [0.4, 0.5) is 4.79 Å². The van der Waals surface area contributed by atoms with Gasteiger partial charge in [-0.05, 0) is 22.3 Å². The number of carboxylic acid groups (broad SMARTS) is 1. The number of benzene rings is 2. The number of aliphatic carboxylic acids is 1. The molecule has 1 aliphatic carbocycles. The van der Waals surface area contributed by atoms with Crippen LogP contribution in [0.25, 0.3) is 11.1 Å². The van der Waals surface area contributed by atoms with Crippen LogP contribution in [0, 0.1) is 0 Å². The summed E-state index contributed by atoms with van der Waals surface area (Å²) in [6.45, 7) is 0.00196. The maximum Gasteiger partial charge on any atom is 0.407 e. The molecule has 0 spiro atoms. The monoisotopic (exact) mass is 378 g/mol. The third kappa shape index (κ3) is 3.57. The van der Waals surface area contributed by atoms with Gasteiger partial charge in [0.25, 0.3) is 0 Å². The van der Waals surface area contributed by atoms with Gasteiger partial charge >= 0.3 is 12.1 Å². The number of aromatic nitrogens is 3. The Kier molecular flexibility index (Phi) is 4.76. The molecule has 1 heterocycles. The average Bonchev–Trinajstić information content (AvgIpc) is 3.26. The molecule has 0 unspecified atom stereocenters. The van der Waals surface area contributed by atoms with Crippen LogP contribution in [-0.2, 0) is 22.6 Å². The Labute approximate surface area is 160 Å². The fourth-order valence-corrected chi connectivity index (χ4v) is 3.43. The number of nitrogens with zero attached hydrogens (tertiary/aromatic N) is 3. The van der Waals surface area contributed by atoms with Crippen molar-refractivity contribution in [2.75, 3.05) is 6.61 Å². The van der Waals surface area contributed by atoms with Gasteiger partial charge in [-0.1, -0.05) is 48.5 Å². The van der Waals surface area contributed by atoms with Crippen molar-refractivity contribution < 1.29 is 19.4 Å². The van der Waals surface area contributed by atoms with Crippen molar-refractivity contribution in [3.63, 3.8) is 0 Å². The predicted octanol–water partition coefficient (Wildman–Crippen LogP) is 2.40. The van der Waals surface area contributed by atoms with Crippen LogP contribution in [0.5, 0.6) is 0 Å². The van der Waals surface area contributed by atoms with Gasteiger partial charge in [-0.2, -0.15) is 5.10 Å². The molecule has 0 saturated heterocycles. The molecule has 0 bridgehead atoms. The Bertz CT molecular complexity index is 985. The minimum absolute atomic E-state index is 0.00829. The highest BCUT2D eigenvalue weighted by molar-refractivity contribution is 5.79. The highest BCUT2D eigenvalue weighted by Gasteiger charge is 2.28. The molecule has 0 radical (unpaired) electrons. The second-order valence-corrected chi connectivity index (χ2v) is 6.43. The molecule has 3 aromatic rings. The standard InChI is InChI=1S/C20H18N4O4/c25-19(26)10-24-12-22-18(23-24)9-21-20(27)28-11-17-15-7-3-1-5-13(15)14-6-2-4-8-16(14)17/h1-8,12,17H,9-11H2,(H,21,27)(H,25,26). The lowest BCUT2D eigenvalue weighted by atomic mass is 9.98. The average molecular weight is 378 g/mol. The van der Waals surface area contributed by atoms with Gasteiger partial charge in [0.05, 0.1) is 6.54 Å². The highest BCUT2D eigenvalue weighted by Crippen LogP contribution is 2.44. The SMILES string of the molecule is O=C(O)Cn1cnc(CNC(=O)OCC2c3ccccc3-c3ccccc32)n1. The van der Waals surface area contributed by atoms with Crippen LogP contribution < -0.4 is 5.32 Å². The van der Waals surface area contributed by atoms with Gasteiger partial charge in [-0.3, -0.25) is 4.79 Å². The van der Waals surface area contributed by atoms with Crippen LogP contribution in [0.1, 0.15) is 22.9 Å². The van der Waals surface area contributed by atoms with Gasteiger partial charge in [0.2, 0.25) is 0 Å². The summed E-state index contributed by atoms with van der Waals surface area (Å²) in [6.07, 6.45) is 0.736. The smallest absolute Gasteiger partial charge is 0.407 e. The minimum atomic E-state index is -1.01. The van der Waals surface area contributed by atoms with Crippen LogP contribution in [0.2, 0.25) is 0 Å². The van der Waals surface area contributed by atoms with Gasteiger partial charge in [0.15, 0.2) is 5.82 Å². The van der Waals surface area contributed by atoms with Crippen LogP contribution in [-0.4, -0.2) is 38.5 Å². The molecule has 8 nitrogen and oxygen atoms in total. The van der Waals surface area contributed by atoms with E-state index < -0.39 is 12.1 Å². The van der Waals surface area contributed by atoms with E-state index in [1.807, 2.05) is 24.3 Å². The first-order valence-corrected chi connectivity index (χ1v) is 8.81. The van der Waals surface area contributed by atoms with E-state index in [2.05, 4.69) is 39.7 Å². The zero-order valence-corrected chi connectivity index (χ0v) is 14.9. The zero-order valence-electron chi connectivity index (χ0n) is 14.9. The number of nitrogens with one attached hydrogen (secondary N) is 1. The van der Waals surface area contributed by atoms with E-state index in [0.29, 0.717) is 5.82 Å². The second-order valence-electron chi connectivity index (χ2n) is 6.43. The summed E-state index contributed by atoms with van der Waals surface area (Å²) < 4.78 is 6.62. The summed E-state index contributed by atoms with van der Waals surface area (Å²) in [5, 5.41) is 15.3. The number of carbonyl (C=O) groups excluding carboxylic acids is 1. The Morgan fingerprint density at radius 3 is 2.36 bits per heavy atom. The van der Waals surface area contributed by atoms with Crippen molar-refractivity contribution >= 4 is 12.1 Å². The Morgan fingerprint density at radius 1 is 1.07 bits per heavy atom. The lowest BCUT2D eigenvalue weighted by molar-refractivity contribution is -0.137. The topological polar surface area (TPSA) is 106 Å². The number of fused-ring (bicyclic) bond motifs is 3. The van der Waals surface area contributed by atoms with E-state index in [4.69, 9.17) is 9.84 Å². The van der Waals surface area contributed by atoms with E-state index in [9.17, 15) is 9.59 Å². The molecule has 2 aromatic carbocycles. The molecule has 4 rings (SSSR count). The van der Waals surface area contributed by atoms with Crippen molar-refractivity contribution in [3.8, 4) is 11.1 Å². The predicted molar refractivity (Wildman–Crippen MR) is 99.6 cm³/mol. The van der Waals surface area contributed by atoms with Gasteiger partial charge in [0, 0.05) is 5.92 Å². The first-order chi connectivity index (χ1) is 13.6. The summed E-state index contributed by atoms with van der Waals surface area (Å²) >= 11 is 0. The summed E-state index contributed by atoms with van der Waals surface area (Å²) in [6, 6.07) is 16.2. The van der Waals surface area contributed by atoms with Crippen LogP contribution in [0.3, 0.4) is 0 Å². The number of hydrogen-bond donors (Lipinski definition) is 2. The van der Waals surface area contributed by atoms with Crippen molar-refractivity contribution in [2.24, 2.45) is 0 Å². The molecule has 142 valence electrons. The Hall–Kier alpha value is -3.68. The Balaban J connectivity index is 1.36. The number of carboxylic acids is 1. The number of hydrogen-bond acceptors (Lipinski definition) is 5. The zero-order chi connectivity index (χ0) is 19.5. The first kappa shape index (κ1) is 17.7. The molecule has 0 fully saturated rings. The normalized spacial score (nSPS) is 12.3. The van der Waals surface area contributed by atoms with E-state index >= 15 is 0 Å². The third-order valence-electron chi connectivity index (χ3n) is 4.62. The molecule has 0 saturated carbocycles. The van der Waals surface area contributed by atoms with Crippen molar-refractivity contribution in [3.05, 3.63) is 71.8 Å². The van der Waals surface area contributed by atoms with E-state index in [-0.39, 0.29) is 25.6 Å². The van der Waals surface area contributed by atoms with Gasteiger partial charge in [-0.25, -0.2) is 14.5 Å². The quantitative estimate of drug-likeness (QED) is 0.682. The molecule has 0 atom stereocenters. The molecular weight excluding hydrogens is 360 g/mol. The molecule has 2 N–H and O–H groups in total. The number of ether oxygens (including phenoxy) is 1. The third-order valence-corrected chi connectivity index (χ3v) is 4.62. The van der Waals surface area contributed by atoms with Gasteiger partial charge < -0.3 is 15.2 Å². The lowest BCUT2D eigenvalue weighted by Gasteiger charge is -2.14. The number of carbonyl (C=O) groups is 2. The van der Waals surface area contributed by atoms with Crippen molar-refractivity contribution in [2.45, 2.75) is 19.0 Å². The summed E-state index contributed by atoms with van der Waals surface area (Å²) in [7, 11) is 0. The highest BCUT2D eigenvalue weighted by atomic mass is 16.5. The molecule has 8 heteroatoms. The van der Waals surface area contributed by atoms with Crippen molar-refractivity contribution in [1.82, 2.24) is 20.1 Å². The maximum atomic E-state index is 12.1. The molecule has 1 aliphatic rings. The fraction of sp³-hybridized carbons (Fsp3) is 0.200. The molecule has 0 aliphatic heterocycles. The number of rotatable bonds is 6. The van der Waals surface area contributed by atoms with Gasteiger partial charge in [-0.15, -0.1) is 0 Å². The molecular formula is C20H18N4O4. The van der Waals surface area contributed by atoms with E-state index in [1.165, 1.54) is 22.1 Å². The maximum absolute atomic E-state index is 12.1. The van der Waals surface area contributed by atoms with E-state index in [0.717, 1.165) is 11.1 Å². The largest absolute Gasteiger partial charge is 0.480 e. The lowest BCUT2D eigenvalue weighted by Crippen LogP contribution is -2.26. The van der Waals surface area contributed by atoms with E-state index in [1.54, 1.807) is 0 Å². The minimum Gasteiger partial charge on any atom is -0.480 e. The number of amides is 1. The summed E-state index contributed by atoms with van der Waals surface area (Å²) in [5.74, 6) is -0.707.